The van der Waals surface area contributed by atoms with Crippen LogP contribution in [0.3, 0.4) is 0 Å². The minimum atomic E-state index is -0.170. The van der Waals surface area contributed by atoms with Crippen LogP contribution in [0.4, 0.5) is 0 Å². The van der Waals surface area contributed by atoms with Crippen molar-refractivity contribution in [1.82, 2.24) is 9.55 Å². The first-order chi connectivity index (χ1) is 8.86. The lowest BCUT2D eigenvalue weighted by Gasteiger charge is -2.24. The maximum absolute atomic E-state index is 10.2. The molecular weight excluding hydrogens is 224 g/mol. The van der Waals surface area contributed by atoms with E-state index in [1.165, 1.54) is 16.8 Å². The zero-order chi connectivity index (χ0) is 12.1. The van der Waals surface area contributed by atoms with E-state index in [1.807, 2.05) is 12.5 Å². The Kier molecular flexibility index (Phi) is 2.12. The van der Waals surface area contributed by atoms with E-state index in [4.69, 9.17) is 0 Å². The zero-order valence-corrected chi connectivity index (χ0v) is 10.2. The summed E-state index contributed by atoms with van der Waals surface area (Å²) in [4.78, 5) is 4.27. The van der Waals surface area contributed by atoms with E-state index >= 15 is 0 Å². The average Bonchev–Trinajstić information content (AvgIpc) is 3.05. The van der Waals surface area contributed by atoms with Crippen LogP contribution < -0.4 is 0 Å². The van der Waals surface area contributed by atoms with Crippen LogP contribution in [0.25, 0.3) is 11.3 Å². The number of hydrogen-bond donors (Lipinski definition) is 1. The fourth-order valence-electron chi connectivity index (χ4n) is 3.65. The molecule has 1 aromatic carbocycles. The Bertz CT molecular complexity index is 590. The molecule has 1 fully saturated rings. The smallest absolute Gasteiger partial charge is 0.0956 e. The fraction of sp³-hybridized carbons (Fsp3) is 0.400. The average molecular weight is 240 g/mol. The van der Waals surface area contributed by atoms with Crippen LogP contribution in [0.2, 0.25) is 0 Å². The molecule has 1 saturated carbocycles. The first-order valence-electron chi connectivity index (χ1n) is 6.65. The van der Waals surface area contributed by atoms with Gasteiger partial charge in [-0.3, -0.25) is 0 Å². The van der Waals surface area contributed by atoms with Crippen molar-refractivity contribution in [2.75, 3.05) is 0 Å². The molecule has 0 radical (unpaired) electrons. The molecular formula is C15H16N2O. The molecule has 3 heteroatoms. The van der Waals surface area contributed by atoms with Gasteiger partial charge in [-0.25, -0.2) is 4.98 Å². The van der Waals surface area contributed by atoms with E-state index < -0.39 is 0 Å². The Morgan fingerprint density at radius 1 is 1.22 bits per heavy atom. The highest BCUT2D eigenvalue weighted by molar-refractivity contribution is 5.69. The van der Waals surface area contributed by atoms with Gasteiger partial charge in [-0.1, -0.05) is 30.7 Å². The predicted octanol–water partition coefficient (Wildman–Crippen LogP) is 2.61. The molecule has 0 saturated heterocycles. The lowest BCUT2D eigenvalue weighted by atomic mass is 9.90. The summed E-state index contributed by atoms with van der Waals surface area (Å²) >= 11 is 0. The zero-order valence-electron chi connectivity index (χ0n) is 10.2. The molecule has 2 aromatic rings. The van der Waals surface area contributed by atoms with Crippen molar-refractivity contribution in [3.05, 3.63) is 42.4 Å². The van der Waals surface area contributed by atoms with Crippen LogP contribution in [0.15, 0.2) is 36.8 Å². The van der Waals surface area contributed by atoms with Crippen molar-refractivity contribution in [3.63, 3.8) is 0 Å². The van der Waals surface area contributed by atoms with Crippen LogP contribution in [-0.4, -0.2) is 20.8 Å². The summed E-state index contributed by atoms with van der Waals surface area (Å²) in [6.45, 7) is 0. The molecule has 1 aliphatic heterocycles. The highest BCUT2D eigenvalue weighted by atomic mass is 16.3. The summed E-state index contributed by atoms with van der Waals surface area (Å²) in [5.41, 5.74) is 3.81. The summed E-state index contributed by atoms with van der Waals surface area (Å²) in [5, 5.41) is 10.2. The Labute approximate surface area is 106 Å². The Balaban J connectivity index is 1.89. The first-order valence-corrected chi connectivity index (χ1v) is 6.65. The highest BCUT2D eigenvalue weighted by Gasteiger charge is 2.39. The molecule has 1 N–H and O–H groups in total. The van der Waals surface area contributed by atoms with Crippen LogP contribution in [0, 0.1) is 5.92 Å². The normalized spacial score (nSPS) is 29.3. The molecule has 3 atom stereocenters. The minimum Gasteiger partial charge on any atom is -0.393 e. The second kappa shape index (κ2) is 3.69. The van der Waals surface area contributed by atoms with Crippen molar-refractivity contribution in [3.8, 4) is 11.3 Å². The van der Waals surface area contributed by atoms with Gasteiger partial charge in [-0.05, 0) is 18.4 Å². The molecule has 1 aromatic heterocycles. The maximum atomic E-state index is 10.2. The van der Waals surface area contributed by atoms with Crippen molar-refractivity contribution in [2.24, 2.45) is 5.92 Å². The van der Waals surface area contributed by atoms with Crippen molar-refractivity contribution in [1.29, 1.82) is 0 Å². The van der Waals surface area contributed by atoms with Crippen LogP contribution >= 0.6 is 0 Å². The Morgan fingerprint density at radius 2 is 2.11 bits per heavy atom. The third-order valence-electron chi connectivity index (χ3n) is 4.46. The predicted molar refractivity (Wildman–Crippen MR) is 69.1 cm³/mol. The van der Waals surface area contributed by atoms with Gasteiger partial charge >= 0.3 is 0 Å². The van der Waals surface area contributed by atoms with E-state index in [-0.39, 0.29) is 12.1 Å². The van der Waals surface area contributed by atoms with E-state index in [9.17, 15) is 5.11 Å². The first kappa shape index (κ1) is 10.3. The monoisotopic (exact) mass is 240 g/mol. The SMILES string of the molecule is O[C@@H]1CCC[C@@H]1[C@H]1c2ccccc2-c2cncn21. The molecule has 92 valence electrons. The van der Waals surface area contributed by atoms with Crippen molar-refractivity contribution in [2.45, 2.75) is 31.4 Å². The molecule has 0 bridgehead atoms. The molecule has 0 unspecified atom stereocenters. The van der Waals surface area contributed by atoms with E-state index in [0.717, 1.165) is 19.3 Å². The van der Waals surface area contributed by atoms with Gasteiger partial charge in [0.25, 0.3) is 0 Å². The summed E-state index contributed by atoms with van der Waals surface area (Å²) in [5.74, 6) is 0.335. The number of aliphatic hydroxyl groups is 1. The number of imidazole rings is 1. The van der Waals surface area contributed by atoms with Gasteiger partial charge in [0.2, 0.25) is 0 Å². The third-order valence-corrected chi connectivity index (χ3v) is 4.46. The Morgan fingerprint density at radius 3 is 2.94 bits per heavy atom. The molecule has 0 spiro atoms. The van der Waals surface area contributed by atoms with E-state index in [0.29, 0.717) is 5.92 Å². The Hall–Kier alpha value is -1.61. The number of aliphatic hydroxyl groups excluding tert-OH is 1. The summed E-state index contributed by atoms with van der Waals surface area (Å²) < 4.78 is 2.24. The highest BCUT2D eigenvalue weighted by Crippen LogP contribution is 2.47. The number of benzene rings is 1. The van der Waals surface area contributed by atoms with Crippen LogP contribution in [-0.2, 0) is 0 Å². The number of aromatic nitrogens is 2. The fourth-order valence-corrected chi connectivity index (χ4v) is 3.65. The van der Waals surface area contributed by atoms with Gasteiger partial charge in [0, 0.05) is 11.5 Å². The lowest BCUT2D eigenvalue weighted by molar-refractivity contribution is 0.112. The number of rotatable bonds is 1. The minimum absolute atomic E-state index is 0.170. The summed E-state index contributed by atoms with van der Waals surface area (Å²) in [6, 6.07) is 8.79. The molecule has 0 amide bonds. The van der Waals surface area contributed by atoms with Crippen molar-refractivity contribution < 1.29 is 5.11 Å². The topological polar surface area (TPSA) is 38.1 Å². The van der Waals surface area contributed by atoms with Gasteiger partial charge in [0.1, 0.15) is 0 Å². The van der Waals surface area contributed by atoms with Crippen LogP contribution in [0.1, 0.15) is 30.9 Å². The third kappa shape index (κ3) is 1.25. The summed E-state index contributed by atoms with van der Waals surface area (Å²) in [6.07, 6.45) is 6.85. The lowest BCUT2D eigenvalue weighted by Crippen LogP contribution is -2.24. The van der Waals surface area contributed by atoms with Gasteiger partial charge < -0.3 is 9.67 Å². The largest absolute Gasteiger partial charge is 0.393 e. The molecule has 1 aliphatic carbocycles. The van der Waals surface area contributed by atoms with Gasteiger partial charge in [0.15, 0.2) is 0 Å². The molecule has 2 aliphatic rings. The standard InChI is InChI=1S/C15H16N2O/c18-14-7-3-6-12(14)15-11-5-2-1-4-10(11)13-8-16-9-17(13)15/h1-2,4-5,8-9,12,14-15,18H,3,6-7H2/t12-,14+,15+/m0/s1. The van der Waals surface area contributed by atoms with E-state index in [1.54, 1.807) is 0 Å². The van der Waals surface area contributed by atoms with E-state index in [2.05, 4.69) is 33.8 Å². The quantitative estimate of drug-likeness (QED) is 0.832. The van der Waals surface area contributed by atoms with Crippen LogP contribution in [0.5, 0.6) is 0 Å². The maximum Gasteiger partial charge on any atom is 0.0956 e. The van der Waals surface area contributed by atoms with Gasteiger partial charge in [0.05, 0.1) is 30.4 Å². The van der Waals surface area contributed by atoms with Gasteiger partial charge in [-0.15, -0.1) is 0 Å². The number of hydrogen-bond acceptors (Lipinski definition) is 2. The van der Waals surface area contributed by atoms with Crippen molar-refractivity contribution >= 4 is 0 Å². The number of fused-ring (bicyclic) bond motifs is 3. The second-order valence-corrected chi connectivity index (χ2v) is 5.38. The second-order valence-electron chi connectivity index (χ2n) is 5.38. The molecule has 2 heterocycles. The molecule has 3 nitrogen and oxygen atoms in total. The van der Waals surface area contributed by atoms with Gasteiger partial charge in [-0.2, -0.15) is 0 Å². The summed E-state index contributed by atoms with van der Waals surface area (Å²) in [7, 11) is 0. The number of nitrogens with zero attached hydrogens (tertiary/aromatic N) is 2. The molecule has 4 rings (SSSR count). The molecule has 18 heavy (non-hydrogen) atoms.